The first-order valence-electron chi connectivity index (χ1n) is 7.29. The molecule has 4 heteroatoms. The highest BCUT2D eigenvalue weighted by Crippen LogP contribution is 2.23. The molecule has 1 atom stereocenters. The molecule has 0 saturated carbocycles. The maximum absolute atomic E-state index is 12.2. The zero-order valence-electron chi connectivity index (χ0n) is 11.8. The fraction of sp³-hybridized carbons (Fsp3) is 1.00. The monoisotopic (exact) mass is 267 g/mol. The lowest BCUT2D eigenvalue weighted by molar-refractivity contribution is -0.136. The van der Waals surface area contributed by atoms with E-state index >= 15 is 0 Å². The normalized spacial score (nSPS) is 13.8. The van der Waals surface area contributed by atoms with Crippen molar-refractivity contribution in [3.63, 3.8) is 0 Å². The van der Waals surface area contributed by atoms with Crippen LogP contribution in [0.25, 0.3) is 0 Å². The van der Waals surface area contributed by atoms with Crippen LogP contribution in [0, 0.1) is 0 Å². The van der Waals surface area contributed by atoms with Crippen molar-refractivity contribution < 1.29 is 13.2 Å². The SMILES string of the molecule is CCCCCCCCC(CCC(F)(F)F)NCC. The van der Waals surface area contributed by atoms with Crippen LogP contribution in [0.3, 0.4) is 0 Å². The molecule has 0 aromatic heterocycles. The molecule has 0 aliphatic carbocycles. The molecule has 1 N–H and O–H groups in total. The van der Waals surface area contributed by atoms with E-state index in [0.717, 1.165) is 25.8 Å². The molecule has 1 unspecified atom stereocenters. The molecule has 0 aromatic rings. The zero-order valence-corrected chi connectivity index (χ0v) is 11.8. The smallest absolute Gasteiger partial charge is 0.314 e. The lowest BCUT2D eigenvalue weighted by atomic mass is 10.0. The summed E-state index contributed by atoms with van der Waals surface area (Å²) >= 11 is 0. The van der Waals surface area contributed by atoms with Gasteiger partial charge in [-0.05, 0) is 19.4 Å². The van der Waals surface area contributed by atoms with Crippen LogP contribution in [0.2, 0.25) is 0 Å². The molecule has 0 rings (SSSR count). The summed E-state index contributed by atoms with van der Waals surface area (Å²) in [5.74, 6) is 0. The lowest BCUT2D eigenvalue weighted by Crippen LogP contribution is -2.30. The average Bonchev–Trinajstić information content (AvgIpc) is 2.29. The second kappa shape index (κ2) is 10.7. The fourth-order valence-corrected chi connectivity index (χ4v) is 2.15. The average molecular weight is 267 g/mol. The van der Waals surface area contributed by atoms with Gasteiger partial charge < -0.3 is 5.32 Å². The molecular formula is C14H28F3N. The standard InChI is InChI=1S/C14H28F3N/c1-3-5-6-7-8-9-10-13(18-4-2)11-12-14(15,16)17/h13,18H,3-12H2,1-2H3. The van der Waals surface area contributed by atoms with Crippen molar-refractivity contribution in [1.82, 2.24) is 5.32 Å². The molecule has 0 saturated heterocycles. The Balaban J connectivity index is 3.63. The molecule has 18 heavy (non-hydrogen) atoms. The maximum Gasteiger partial charge on any atom is 0.389 e. The fourth-order valence-electron chi connectivity index (χ4n) is 2.15. The Hall–Kier alpha value is -0.250. The Bertz CT molecular complexity index is 180. The van der Waals surface area contributed by atoms with Crippen LogP contribution in [0.5, 0.6) is 0 Å². The minimum absolute atomic E-state index is 0.0304. The molecule has 0 heterocycles. The first-order chi connectivity index (χ1) is 8.49. The van der Waals surface area contributed by atoms with Crippen molar-refractivity contribution in [1.29, 1.82) is 0 Å². The minimum atomic E-state index is -4.02. The van der Waals surface area contributed by atoms with Crippen LogP contribution in [-0.2, 0) is 0 Å². The van der Waals surface area contributed by atoms with Crippen LogP contribution < -0.4 is 5.32 Å². The van der Waals surface area contributed by atoms with E-state index in [0.29, 0.717) is 0 Å². The van der Waals surface area contributed by atoms with Crippen molar-refractivity contribution >= 4 is 0 Å². The number of nitrogens with one attached hydrogen (secondary N) is 1. The Morgan fingerprint density at radius 1 is 0.889 bits per heavy atom. The van der Waals surface area contributed by atoms with Gasteiger partial charge in [-0.2, -0.15) is 13.2 Å². The van der Waals surface area contributed by atoms with E-state index in [1.807, 2.05) is 6.92 Å². The number of alkyl halides is 3. The summed E-state index contributed by atoms with van der Waals surface area (Å²) in [5, 5.41) is 3.16. The third-order valence-electron chi connectivity index (χ3n) is 3.18. The van der Waals surface area contributed by atoms with Crippen LogP contribution in [0.15, 0.2) is 0 Å². The topological polar surface area (TPSA) is 12.0 Å². The Morgan fingerprint density at radius 3 is 2.06 bits per heavy atom. The number of halogens is 3. The summed E-state index contributed by atoms with van der Waals surface area (Å²) in [6, 6.07) is 0.0304. The highest BCUT2D eigenvalue weighted by Gasteiger charge is 2.27. The molecule has 0 aliphatic heterocycles. The molecule has 0 aliphatic rings. The van der Waals surface area contributed by atoms with Crippen molar-refractivity contribution in [2.45, 2.75) is 83.9 Å². The van der Waals surface area contributed by atoms with Gasteiger partial charge in [-0.25, -0.2) is 0 Å². The summed E-state index contributed by atoms with van der Waals surface area (Å²) in [7, 11) is 0. The Kier molecular flexibility index (Phi) is 10.5. The first-order valence-corrected chi connectivity index (χ1v) is 7.29. The molecule has 0 bridgehead atoms. The Morgan fingerprint density at radius 2 is 1.50 bits per heavy atom. The van der Waals surface area contributed by atoms with Gasteiger partial charge in [0.15, 0.2) is 0 Å². The van der Waals surface area contributed by atoms with Crippen molar-refractivity contribution in [3.05, 3.63) is 0 Å². The van der Waals surface area contributed by atoms with Gasteiger partial charge in [-0.1, -0.05) is 52.4 Å². The van der Waals surface area contributed by atoms with Crippen molar-refractivity contribution in [2.75, 3.05) is 6.54 Å². The molecular weight excluding hydrogens is 239 g/mol. The van der Waals surface area contributed by atoms with Gasteiger partial charge in [0, 0.05) is 12.5 Å². The van der Waals surface area contributed by atoms with Crippen LogP contribution in [0.4, 0.5) is 13.2 Å². The molecule has 0 amide bonds. The van der Waals surface area contributed by atoms with E-state index in [1.54, 1.807) is 0 Å². The largest absolute Gasteiger partial charge is 0.389 e. The minimum Gasteiger partial charge on any atom is -0.314 e. The number of unbranched alkanes of at least 4 members (excludes halogenated alkanes) is 5. The second-order valence-corrected chi connectivity index (χ2v) is 4.96. The number of hydrogen-bond acceptors (Lipinski definition) is 1. The maximum atomic E-state index is 12.2. The van der Waals surface area contributed by atoms with Crippen LogP contribution >= 0.6 is 0 Å². The second-order valence-electron chi connectivity index (χ2n) is 4.96. The van der Waals surface area contributed by atoms with E-state index < -0.39 is 12.6 Å². The highest BCUT2D eigenvalue weighted by molar-refractivity contribution is 4.68. The van der Waals surface area contributed by atoms with Gasteiger partial charge in [0.05, 0.1) is 0 Å². The first kappa shape index (κ1) is 17.8. The summed E-state index contributed by atoms with van der Waals surface area (Å²) in [6.07, 6.45) is 3.55. The van der Waals surface area contributed by atoms with Gasteiger partial charge in [-0.3, -0.25) is 0 Å². The molecule has 0 aromatic carbocycles. The van der Waals surface area contributed by atoms with Crippen LogP contribution in [0.1, 0.15) is 71.6 Å². The van der Waals surface area contributed by atoms with Crippen molar-refractivity contribution in [3.8, 4) is 0 Å². The third kappa shape index (κ3) is 12.2. The molecule has 0 fully saturated rings. The summed E-state index contributed by atoms with van der Waals surface area (Å²) in [4.78, 5) is 0. The van der Waals surface area contributed by atoms with E-state index in [-0.39, 0.29) is 12.5 Å². The Labute approximate surface area is 110 Å². The summed E-state index contributed by atoms with van der Waals surface area (Å²) < 4.78 is 36.5. The highest BCUT2D eigenvalue weighted by atomic mass is 19.4. The third-order valence-corrected chi connectivity index (χ3v) is 3.18. The van der Waals surface area contributed by atoms with E-state index in [2.05, 4.69) is 12.2 Å². The van der Waals surface area contributed by atoms with Crippen LogP contribution in [-0.4, -0.2) is 18.8 Å². The molecule has 0 spiro atoms. The van der Waals surface area contributed by atoms with Gasteiger partial charge in [-0.15, -0.1) is 0 Å². The number of hydrogen-bond donors (Lipinski definition) is 1. The van der Waals surface area contributed by atoms with E-state index in [4.69, 9.17) is 0 Å². The molecule has 110 valence electrons. The molecule has 0 radical (unpaired) electrons. The molecule has 1 nitrogen and oxygen atoms in total. The summed E-state index contributed by atoms with van der Waals surface area (Å²) in [6.45, 7) is 4.87. The van der Waals surface area contributed by atoms with E-state index in [9.17, 15) is 13.2 Å². The van der Waals surface area contributed by atoms with Crippen molar-refractivity contribution in [2.24, 2.45) is 0 Å². The predicted octanol–water partition coefficient (Wildman–Crippen LogP) is 5.06. The van der Waals surface area contributed by atoms with Gasteiger partial charge >= 0.3 is 6.18 Å². The van der Waals surface area contributed by atoms with Gasteiger partial charge in [0.2, 0.25) is 0 Å². The van der Waals surface area contributed by atoms with Gasteiger partial charge in [0.25, 0.3) is 0 Å². The summed E-state index contributed by atoms with van der Waals surface area (Å²) in [5.41, 5.74) is 0. The van der Waals surface area contributed by atoms with Gasteiger partial charge in [0.1, 0.15) is 0 Å². The lowest BCUT2D eigenvalue weighted by Gasteiger charge is -2.18. The number of rotatable bonds is 11. The predicted molar refractivity (Wildman–Crippen MR) is 70.7 cm³/mol. The van der Waals surface area contributed by atoms with E-state index in [1.165, 1.54) is 25.7 Å². The zero-order chi connectivity index (χ0) is 13.9. The quantitative estimate of drug-likeness (QED) is 0.516.